The number of halogens is 9. The highest BCUT2D eigenvalue weighted by Gasteiger charge is 2.70. The summed E-state index contributed by atoms with van der Waals surface area (Å²) in [4.78, 5) is 0. The molecule has 0 atom stereocenters. The van der Waals surface area contributed by atoms with E-state index in [-0.39, 0.29) is 6.08 Å². The third kappa shape index (κ3) is 3.60. The summed E-state index contributed by atoms with van der Waals surface area (Å²) in [6.07, 6.45) is -1.47. The molecular formula is C6H3Cl3F6. The molecular weight excluding hydrogens is 292 g/mol. The van der Waals surface area contributed by atoms with Gasteiger partial charge in [-0.2, -0.15) is 26.3 Å². The molecule has 0 amide bonds. The molecule has 0 aliphatic heterocycles. The van der Waals surface area contributed by atoms with Crippen LogP contribution in [0.4, 0.5) is 26.3 Å². The van der Waals surface area contributed by atoms with Crippen molar-refractivity contribution in [1.29, 1.82) is 0 Å². The van der Waals surface area contributed by atoms with E-state index >= 15 is 0 Å². The lowest BCUT2D eigenvalue weighted by Crippen LogP contribution is -2.51. The van der Waals surface area contributed by atoms with E-state index in [1.807, 2.05) is 0 Å². The maximum atomic E-state index is 12.6. The summed E-state index contributed by atoms with van der Waals surface area (Å²) in [6.45, 7) is 0. The molecule has 90 valence electrons. The van der Waals surface area contributed by atoms with Gasteiger partial charge in [0.1, 0.15) is 4.49 Å². The minimum atomic E-state index is -5.69. The fourth-order valence-corrected chi connectivity index (χ4v) is 0.833. The van der Waals surface area contributed by atoms with Crippen molar-refractivity contribution in [3.63, 3.8) is 0 Å². The van der Waals surface area contributed by atoms with Crippen molar-refractivity contribution < 1.29 is 26.3 Å². The van der Waals surface area contributed by atoms with E-state index in [1.165, 1.54) is 0 Å². The van der Waals surface area contributed by atoms with Crippen LogP contribution in [0.25, 0.3) is 0 Å². The fourth-order valence-electron chi connectivity index (χ4n) is 0.541. The largest absolute Gasteiger partial charge is 0.390 e. The maximum absolute atomic E-state index is 12.6. The number of hydrogen-bond donors (Lipinski definition) is 0. The average molecular weight is 295 g/mol. The average Bonchev–Trinajstić information content (AvgIpc) is 1.98. The first-order valence-corrected chi connectivity index (χ1v) is 4.39. The molecule has 0 aromatic carbocycles. The molecule has 0 N–H and O–H groups in total. The maximum Gasteiger partial charge on any atom is 0.390 e. The second kappa shape index (κ2) is 4.59. The Morgan fingerprint density at radius 3 is 1.67 bits per heavy atom. The fraction of sp³-hybridized carbons (Fsp3) is 0.667. The molecule has 0 spiro atoms. The molecule has 0 bridgehead atoms. The molecule has 0 aromatic rings. The van der Waals surface area contributed by atoms with Gasteiger partial charge in [-0.05, 0) is 17.7 Å². The van der Waals surface area contributed by atoms with Crippen LogP contribution in [0.5, 0.6) is 0 Å². The summed E-state index contributed by atoms with van der Waals surface area (Å²) in [7, 11) is 0. The third-order valence-electron chi connectivity index (χ3n) is 1.33. The normalized spacial score (nSPS) is 13.9. The molecule has 0 saturated heterocycles. The molecule has 0 nitrogen and oxygen atoms in total. The van der Waals surface area contributed by atoms with E-state index < -0.39 is 28.1 Å². The van der Waals surface area contributed by atoms with Crippen LogP contribution in [0.2, 0.25) is 0 Å². The minimum Gasteiger partial charge on any atom is -0.199 e. The first-order valence-electron chi connectivity index (χ1n) is 3.25. The molecule has 0 aliphatic rings. The van der Waals surface area contributed by atoms with Crippen molar-refractivity contribution in [3.8, 4) is 0 Å². The first kappa shape index (κ1) is 15.2. The number of hydrogen-bond acceptors (Lipinski definition) is 0. The van der Waals surface area contributed by atoms with Gasteiger partial charge in [0, 0.05) is 6.42 Å². The predicted molar refractivity (Wildman–Crippen MR) is 45.1 cm³/mol. The van der Waals surface area contributed by atoms with Crippen molar-refractivity contribution in [2.45, 2.75) is 23.6 Å². The van der Waals surface area contributed by atoms with Crippen LogP contribution in [0.15, 0.2) is 10.6 Å². The summed E-state index contributed by atoms with van der Waals surface area (Å²) in [5.41, 5.74) is 0. The molecule has 0 aliphatic carbocycles. The summed E-state index contributed by atoms with van der Waals surface area (Å²) in [6, 6.07) is 0. The molecule has 0 heterocycles. The van der Waals surface area contributed by atoms with Crippen LogP contribution in [0.3, 0.4) is 0 Å². The zero-order valence-electron chi connectivity index (χ0n) is 6.69. The SMILES string of the molecule is FC(F)(Cl)C(F)(F)C(F)(F)CC=C(Cl)Cl. The highest BCUT2D eigenvalue weighted by atomic mass is 35.5. The van der Waals surface area contributed by atoms with Crippen molar-refractivity contribution in [3.05, 3.63) is 10.6 Å². The van der Waals surface area contributed by atoms with Gasteiger partial charge in [0.05, 0.1) is 0 Å². The van der Waals surface area contributed by atoms with Crippen molar-refractivity contribution in [2.75, 3.05) is 0 Å². The van der Waals surface area contributed by atoms with Gasteiger partial charge in [-0.3, -0.25) is 0 Å². The lowest BCUT2D eigenvalue weighted by atomic mass is 10.1. The highest BCUT2D eigenvalue weighted by Crippen LogP contribution is 2.49. The lowest BCUT2D eigenvalue weighted by molar-refractivity contribution is -0.277. The summed E-state index contributed by atoms with van der Waals surface area (Å²) in [5, 5.41) is -5.36. The van der Waals surface area contributed by atoms with Gasteiger partial charge in [-0.1, -0.05) is 23.2 Å². The summed E-state index contributed by atoms with van der Waals surface area (Å²) in [5.74, 6) is -10.7. The predicted octanol–water partition coefficient (Wildman–Crippen LogP) is 4.80. The Morgan fingerprint density at radius 2 is 1.40 bits per heavy atom. The van der Waals surface area contributed by atoms with Crippen molar-refractivity contribution in [1.82, 2.24) is 0 Å². The van der Waals surface area contributed by atoms with E-state index in [0.717, 1.165) is 0 Å². The smallest absolute Gasteiger partial charge is 0.199 e. The van der Waals surface area contributed by atoms with Crippen LogP contribution in [0, 0.1) is 0 Å². The lowest BCUT2D eigenvalue weighted by Gasteiger charge is -2.28. The van der Waals surface area contributed by atoms with Gasteiger partial charge in [0.15, 0.2) is 0 Å². The van der Waals surface area contributed by atoms with Crippen molar-refractivity contribution in [2.24, 2.45) is 0 Å². The highest BCUT2D eigenvalue weighted by molar-refractivity contribution is 6.55. The Balaban J connectivity index is 4.94. The monoisotopic (exact) mass is 294 g/mol. The molecule has 0 aromatic heterocycles. The Labute approximate surface area is 95.8 Å². The molecule has 0 unspecified atom stereocenters. The number of rotatable bonds is 4. The van der Waals surface area contributed by atoms with Crippen LogP contribution < -0.4 is 0 Å². The number of allylic oxidation sites excluding steroid dienone is 1. The Bertz CT molecular complexity index is 252. The Hall–Kier alpha value is 0.190. The van der Waals surface area contributed by atoms with Gasteiger partial charge in [0.25, 0.3) is 0 Å². The Kier molecular flexibility index (Phi) is 4.65. The van der Waals surface area contributed by atoms with E-state index in [0.29, 0.717) is 0 Å². The van der Waals surface area contributed by atoms with Gasteiger partial charge >= 0.3 is 17.2 Å². The third-order valence-corrected chi connectivity index (χ3v) is 1.87. The molecule has 9 heteroatoms. The zero-order valence-corrected chi connectivity index (χ0v) is 8.95. The Morgan fingerprint density at radius 1 is 1.00 bits per heavy atom. The molecule has 0 saturated carbocycles. The molecule has 0 fully saturated rings. The van der Waals surface area contributed by atoms with Crippen LogP contribution in [-0.4, -0.2) is 17.2 Å². The van der Waals surface area contributed by atoms with Gasteiger partial charge in [0.2, 0.25) is 0 Å². The van der Waals surface area contributed by atoms with Gasteiger partial charge in [-0.15, -0.1) is 0 Å². The second-order valence-corrected chi connectivity index (χ2v) is 3.96. The molecule has 0 radical (unpaired) electrons. The summed E-state index contributed by atoms with van der Waals surface area (Å²) >= 11 is 13.6. The first-order chi connectivity index (χ1) is 6.42. The van der Waals surface area contributed by atoms with Crippen LogP contribution in [-0.2, 0) is 0 Å². The number of alkyl halides is 7. The molecule has 15 heavy (non-hydrogen) atoms. The topological polar surface area (TPSA) is 0 Å². The van der Waals surface area contributed by atoms with E-state index in [4.69, 9.17) is 23.2 Å². The minimum absolute atomic E-state index is 0.277. The van der Waals surface area contributed by atoms with E-state index in [1.54, 1.807) is 0 Å². The quantitative estimate of drug-likeness (QED) is 0.516. The van der Waals surface area contributed by atoms with E-state index in [9.17, 15) is 26.3 Å². The standard InChI is InChI=1S/C6H3Cl3F6/c7-3(8)1-2-4(10,11)5(12,13)6(9,14)15/h1H,2H2. The molecule has 0 rings (SSSR count). The van der Waals surface area contributed by atoms with Crippen LogP contribution >= 0.6 is 34.8 Å². The van der Waals surface area contributed by atoms with Gasteiger partial charge in [-0.25, -0.2) is 0 Å². The summed E-state index contributed by atoms with van der Waals surface area (Å²) < 4.78 is 73.2. The van der Waals surface area contributed by atoms with E-state index in [2.05, 4.69) is 11.6 Å². The second-order valence-electron chi connectivity index (χ2n) is 2.47. The van der Waals surface area contributed by atoms with Gasteiger partial charge < -0.3 is 0 Å². The van der Waals surface area contributed by atoms with Crippen LogP contribution in [0.1, 0.15) is 6.42 Å². The zero-order chi connectivity index (χ0) is 12.5. The van der Waals surface area contributed by atoms with Crippen molar-refractivity contribution >= 4 is 34.8 Å².